The van der Waals surface area contributed by atoms with Gasteiger partial charge in [-0.3, -0.25) is 4.90 Å². The predicted octanol–water partition coefficient (Wildman–Crippen LogP) is 7.26. The van der Waals surface area contributed by atoms with Crippen LogP contribution in [0.1, 0.15) is 89.6 Å². The number of imidazole rings is 1. The van der Waals surface area contributed by atoms with Gasteiger partial charge in [-0.15, -0.1) is 0 Å². The molecular formula is C34H46N4O2. The lowest BCUT2D eigenvalue weighted by Crippen LogP contribution is -2.47. The van der Waals surface area contributed by atoms with E-state index in [2.05, 4.69) is 71.0 Å². The standard InChI is InChI=1S/C34H46N4O2/c1-25-35-30-13-8-9-14-31(30)38(25)29-23-27-15-16-28(24-29)37(27)20-10-17-34(26-11-6-5-7-12-26)18-21-36(22-19-34)32(39)40-33(2,3)4/h5-9,11-14,27-29H,10,15-24H2,1-4H3/t27-,28+,29?. The fourth-order valence-corrected chi connectivity index (χ4v) is 7.97. The lowest BCUT2D eigenvalue weighted by molar-refractivity contribution is 0.0153. The molecule has 40 heavy (non-hydrogen) atoms. The lowest BCUT2D eigenvalue weighted by Gasteiger charge is -2.44. The summed E-state index contributed by atoms with van der Waals surface area (Å²) in [6, 6.07) is 21.6. The van der Waals surface area contributed by atoms with Gasteiger partial charge in [0.2, 0.25) is 0 Å². The van der Waals surface area contributed by atoms with Crippen molar-refractivity contribution in [3.05, 3.63) is 66.0 Å². The number of aromatic nitrogens is 2. The number of aryl methyl sites for hydroxylation is 1. The van der Waals surface area contributed by atoms with Crippen LogP contribution in [0, 0.1) is 6.92 Å². The second kappa shape index (κ2) is 10.8. The number of para-hydroxylation sites is 2. The van der Waals surface area contributed by atoms with Crippen LogP contribution >= 0.6 is 0 Å². The van der Waals surface area contributed by atoms with Crippen molar-refractivity contribution in [2.75, 3.05) is 19.6 Å². The van der Waals surface area contributed by atoms with E-state index in [9.17, 15) is 4.79 Å². The quantitative estimate of drug-likeness (QED) is 0.329. The van der Waals surface area contributed by atoms with E-state index in [-0.39, 0.29) is 11.5 Å². The highest BCUT2D eigenvalue weighted by Crippen LogP contribution is 2.44. The first-order valence-corrected chi connectivity index (χ1v) is 15.5. The average molecular weight is 543 g/mol. The molecule has 6 rings (SSSR count). The number of fused-ring (bicyclic) bond motifs is 3. The molecule has 0 radical (unpaired) electrons. The second-order valence-electron chi connectivity index (χ2n) is 13.5. The van der Waals surface area contributed by atoms with E-state index in [1.165, 1.54) is 56.1 Å². The number of likely N-dealkylation sites (tertiary alicyclic amines) is 1. The molecule has 3 aliphatic rings. The molecule has 0 saturated carbocycles. The third-order valence-corrected chi connectivity index (χ3v) is 9.83. The van der Waals surface area contributed by atoms with E-state index >= 15 is 0 Å². The summed E-state index contributed by atoms with van der Waals surface area (Å²) in [5.41, 5.74) is 3.52. The lowest BCUT2D eigenvalue weighted by atomic mass is 9.69. The van der Waals surface area contributed by atoms with Gasteiger partial charge < -0.3 is 14.2 Å². The normalized spacial score (nSPS) is 24.9. The maximum atomic E-state index is 12.8. The van der Waals surface area contributed by atoms with Gasteiger partial charge in [0.1, 0.15) is 11.4 Å². The first kappa shape index (κ1) is 27.3. The number of ether oxygens (including phenoxy) is 1. The van der Waals surface area contributed by atoms with Crippen LogP contribution in [0.3, 0.4) is 0 Å². The minimum atomic E-state index is -0.457. The van der Waals surface area contributed by atoms with Crippen LogP contribution in [0.5, 0.6) is 0 Å². The zero-order valence-electron chi connectivity index (χ0n) is 24.8. The molecule has 3 aromatic rings. The molecule has 3 fully saturated rings. The number of hydrogen-bond acceptors (Lipinski definition) is 4. The Morgan fingerprint density at radius 3 is 2.27 bits per heavy atom. The van der Waals surface area contributed by atoms with Gasteiger partial charge in [0.25, 0.3) is 0 Å². The van der Waals surface area contributed by atoms with Crippen molar-refractivity contribution in [2.45, 2.75) is 108 Å². The van der Waals surface area contributed by atoms with E-state index in [1.807, 2.05) is 25.7 Å². The van der Waals surface area contributed by atoms with Crippen molar-refractivity contribution in [3.8, 4) is 0 Å². The van der Waals surface area contributed by atoms with Crippen LogP contribution in [0.15, 0.2) is 54.6 Å². The van der Waals surface area contributed by atoms with Gasteiger partial charge in [0, 0.05) is 31.2 Å². The van der Waals surface area contributed by atoms with Crippen LogP contribution in [0.4, 0.5) is 4.79 Å². The Hall–Kier alpha value is -2.86. The van der Waals surface area contributed by atoms with Crippen molar-refractivity contribution in [1.29, 1.82) is 0 Å². The molecule has 3 aliphatic heterocycles. The zero-order chi connectivity index (χ0) is 27.9. The summed E-state index contributed by atoms with van der Waals surface area (Å²) >= 11 is 0. The monoisotopic (exact) mass is 542 g/mol. The summed E-state index contributed by atoms with van der Waals surface area (Å²) in [6.45, 7) is 10.7. The van der Waals surface area contributed by atoms with Gasteiger partial charge in [-0.25, -0.2) is 9.78 Å². The topological polar surface area (TPSA) is 50.6 Å². The largest absolute Gasteiger partial charge is 0.444 e. The number of nitrogens with zero attached hydrogens (tertiary/aromatic N) is 4. The third-order valence-electron chi connectivity index (χ3n) is 9.83. The number of amides is 1. The van der Waals surface area contributed by atoms with Gasteiger partial charge >= 0.3 is 6.09 Å². The smallest absolute Gasteiger partial charge is 0.410 e. The molecule has 4 heterocycles. The van der Waals surface area contributed by atoms with Crippen molar-refractivity contribution >= 4 is 17.1 Å². The van der Waals surface area contributed by atoms with Crippen LogP contribution in [-0.2, 0) is 10.2 Å². The first-order valence-electron chi connectivity index (χ1n) is 15.5. The molecule has 3 atom stereocenters. The highest BCUT2D eigenvalue weighted by Gasteiger charge is 2.43. The van der Waals surface area contributed by atoms with Crippen LogP contribution < -0.4 is 0 Å². The third kappa shape index (κ3) is 5.39. The molecule has 0 N–H and O–H groups in total. The molecule has 6 heteroatoms. The Morgan fingerprint density at radius 2 is 1.60 bits per heavy atom. The zero-order valence-corrected chi connectivity index (χ0v) is 24.8. The number of hydrogen-bond donors (Lipinski definition) is 0. The fraction of sp³-hybridized carbons (Fsp3) is 0.588. The highest BCUT2D eigenvalue weighted by atomic mass is 16.6. The molecule has 0 aliphatic carbocycles. The molecule has 6 nitrogen and oxygen atoms in total. The van der Waals surface area contributed by atoms with Crippen molar-refractivity contribution < 1.29 is 9.53 Å². The van der Waals surface area contributed by atoms with Gasteiger partial charge in [-0.2, -0.15) is 0 Å². The minimum absolute atomic E-state index is 0.129. The van der Waals surface area contributed by atoms with Gasteiger partial charge in [-0.1, -0.05) is 42.5 Å². The second-order valence-corrected chi connectivity index (χ2v) is 13.5. The molecule has 0 spiro atoms. The number of rotatable bonds is 6. The van der Waals surface area contributed by atoms with Crippen LogP contribution in [0.2, 0.25) is 0 Å². The summed E-state index contributed by atoms with van der Waals surface area (Å²) in [4.78, 5) is 22.4. The maximum Gasteiger partial charge on any atom is 0.410 e. The Labute approximate surface area is 239 Å². The Morgan fingerprint density at radius 1 is 0.950 bits per heavy atom. The molecule has 214 valence electrons. The number of piperidine rings is 2. The van der Waals surface area contributed by atoms with Crippen LogP contribution in [-0.4, -0.2) is 62.8 Å². The molecule has 1 amide bonds. The van der Waals surface area contributed by atoms with Crippen molar-refractivity contribution in [2.24, 2.45) is 0 Å². The molecular weight excluding hydrogens is 496 g/mol. The van der Waals surface area contributed by atoms with Crippen molar-refractivity contribution in [3.63, 3.8) is 0 Å². The molecule has 2 aromatic carbocycles. The maximum absolute atomic E-state index is 12.8. The molecule has 2 bridgehead atoms. The summed E-state index contributed by atoms with van der Waals surface area (Å²) in [6.07, 6.45) is 9.29. The average Bonchev–Trinajstić information content (AvgIpc) is 3.38. The number of carbonyl (C=O) groups excluding carboxylic acids is 1. The number of carbonyl (C=O) groups is 1. The van der Waals surface area contributed by atoms with Crippen LogP contribution in [0.25, 0.3) is 11.0 Å². The highest BCUT2D eigenvalue weighted by molar-refractivity contribution is 5.76. The van der Waals surface area contributed by atoms with E-state index < -0.39 is 5.60 Å². The molecule has 3 saturated heterocycles. The molecule has 1 aromatic heterocycles. The Balaban J connectivity index is 1.10. The Bertz CT molecular complexity index is 1300. The van der Waals surface area contributed by atoms with E-state index in [1.54, 1.807) is 0 Å². The summed E-state index contributed by atoms with van der Waals surface area (Å²) < 4.78 is 8.21. The predicted molar refractivity (Wildman–Crippen MR) is 161 cm³/mol. The Kier molecular flexibility index (Phi) is 7.41. The SMILES string of the molecule is Cc1nc2ccccc2n1C1C[C@H]2CC[C@@H](C1)N2CCCC1(c2ccccc2)CCN(C(=O)OC(C)(C)C)CC1. The fourth-order valence-electron chi connectivity index (χ4n) is 7.97. The molecule has 1 unspecified atom stereocenters. The van der Waals surface area contributed by atoms with Crippen molar-refractivity contribution in [1.82, 2.24) is 19.4 Å². The first-order chi connectivity index (χ1) is 19.2. The number of benzene rings is 2. The van der Waals surface area contributed by atoms with Gasteiger partial charge in [0.15, 0.2) is 0 Å². The minimum Gasteiger partial charge on any atom is -0.444 e. The van der Waals surface area contributed by atoms with E-state index in [0.29, 0.717) is 18.1 Å². The summed E-state index contributed by atoms with van der Waals surface area (Å²) in [7, 11) is 0. The van der Waals surface area contributed by atoms with E-state index in [0.717, 1.165) is 37.3 Å². The summed E-state index contributed by atoms with van der Waals surface area (Å²) in [5, 5.41) is 0. The van der Waals surface area contributed by atoms with Gasteiger partial charge in [0.05, 0.1) is 11.0 Å². The summed E-state index contributed by atoms with van der Waals surface area (Å²) in [5.74, 6) is 1.15. The van der Waals surface area contributed by atoms with E-state index in [4.69, 9.17) is 9.72 Å². The van der Waals surface area contributed by atoms with Gasteiger partial charge in [-0.05, 0) is 109 Å².